The van der Waals surface area contributed by atoms with Crippen LogP contribution in [0, 0.1) is 5.92 Å². The fourth-order valence-electron chi connectivity index (χ4n) is 4.19. The van der Waals surface area contributed by atoms with Crippen LogP contribution >= 0.6 is 0 Å². The van der Waals surface area contributed by atoms with Gasteiger partial charge in [0.2, 0.25) is 5.91 Å². The summed E-state index contributed by atoms with van der Waals surface area (Å²) in [5.41, 5.74) is 1.06. The van der Waals surface area contributed by atoms with E-state index in [0.717, 1.165) is 30.6 Å². The average molecular weight is 331 g/mol. The van der Waals surface area contributed by atoms with Gasteiger partial charge in [-0.05, 0) is 31.7 Å². The Hall–Kier alpha value is -1.57. The minimum Gasteiger partial charge on any atom is -0.493 e. The van der Waals surface area contributed by atoms with Gasteiger partial charge in [0.25, 0.3) is 0 Å². The highest BCUT2D eigenvalue weighted by Crippen LogP contribution is 2.39. The number of carbonyl (C=O) groups excluding carboxylic acids is 1. The highest BCUT2D eigenvalue weighted by Gasteiger charge is 2.45. The largest absolute Gasteiger partial charge is 0.493 e. The molecule has 5 atom stereocenters. The molecule has 2 fully saturated rings. The molecular weight excluding hydrogens is 309 g/mol. The maximum absolute atomic E-state index is 12.5. The summed E-state index contributed by atoms with van der Waals surface area (Å²) in [7, 11) is -1.60. The van der Waals surface area contributed by atoms with Crippen LogP contribution in [0.3, 0.4) is 0 Å². The molecule has 3 N–H and O–H groups in total. The first-order valence-corrected chi connectivity index (χ1v) is 8.65. The molecule has 3 heterocycles. The second-order valence-electron chi connectivity index (χ2n) is 7.03. The Labute approximate surface area is 141 Å². The number of amides is 1. The zero-order valence-corrected chi connectivity index (χ0v) is 13.4. The maximum Gasteiger partial charge on any atom is 0.475 e. The fourth-order valence-corrected chi connectivity index (χ4v) is 4.19. The molecule has 0 saturated carbocycles. The number of fused-ring (bicyclic) bond motifs is 3. The van der Waals surface area contributed by atoms with Gasteiger partial charge in [0, 0.05) is 11.5 Å². The van der Waals surface area contributed by atoms with Crippen LogP contribution in [-0.4, -0.2) is 47.8 Å². The third kappa shape index (κ3) is 2.92. The Morgan fingerprint density at radius 3 is 2.88 bits per heavy atom. The predicted octanol–water partition coefficient (Wildman–Crippen LogP) is 0.617. The van der Waals surface area contributed by atoms with Crippen LogP contribution in [0.4, 0.5) is 0 Å². The van der Waals surface area contributed by atoms with Gasteiger partial charge in [0.15, 0.2) is 0 Å². The molecule has 0 aromatic heterocycles. The summed E-state index contributed by atoms with van der Waals surface area (Å²) in [5, 5.41) is 22.3. The Morgan fingerprint density at radius 1 is 1.33 bits per heavy atom. The molecule has 7 heteroatoms. The molecule has 1 amide bonds. The van der Waals surface area contributed by atoms with Crippen LogP contribution in [0.15, 0.2) is 24.3 Å². The number of ether oxygens (including phenoxy) is 2. The molecule has 3 aliphatic rings. The zero-order chi connectivity index (χ0) is 16.7. The summed E-state index contributed by atoms with van der Waals surface area (Å²) in [5.74, 6) is -0.132. The van der Waals surface area contributed by atoms with Gasteiger partial charge in [-0.3, -0.25) is 4.79 Å². The average Bonchev–Trinajstić information content (AvgIpc) is 3.29. The van der Waals surface area contributed by atoms with Crippen LogP contribution in [0.25, 0.3) is 0 Å². The van der Waals surface area contributed by atoms with Gasteiger partial charge in [-0.15, -0.1) is 0 Å². The molecule has 0 unspecified atom stereocenters. The van der Waals surface area contributed by atoms with E-state index in [1.807, 2.05) is 24.3 Å². The van der Waals surface area contributed by atoms with Crippen molar-refractivity contribution in [1.29, 1.82) is 0 Å². The van der Waals surface area contributed by atoms with Crippen molar-refractivity contribution in [2.24, 2.45) is 5.92 Å². The number of hydrogen-bond donors (Lipinski definition) is 3. The van der Waals surface area contributed by atoms with Crippen molar-refractivity contribution < 1.29 is 24.3 Å². The molecule has 0 aliphatic carbocycles. The maximum atomic E-state index is 12.5. The summed E-state index contributed by atoms with van der Waals surface area (Å²) in [6.07, 6.45) is 3.29. The van der Waals surface area contributed by atoms with Crippen molar-refractivity contribution in [3.05, 3.63) is 29.8 Å². The predicted molar refractivity (Wildman–Crippen MR) is 87.4 cm³/mol. The lowest BCUT2D eigenvalue weighted by Gasteiger charge is -2.24. The van der Waals surface area contributed by atoms with Gasteiger partial charge in [0.05, 0.1) is 30.7 Å². The van der Waals surface area contributed by atoms with Crippen molar-refractivity contribution in [3.8, 4) is 5.75 Å². The molecule has 3 aliphatic heterocycles. The number of rotatable bonds is 5. The summed E-state index contributed by atoms with van der Waals surface area (Å²) < 4.78 is 11.4. The van der Waals surface area contributed by atoms with Crippen LogP contribution < -0.4 is 10.1 Å². The SMILES string of the molecule is O=C(N[C@H](C[C@H]1COc2ccccc21)B(O)O)[C@@H]1C[C@@H]2CC[C@H]1O2. The number of hydrogen-bond acceptors (Lipinski definition) is 5. The van der Waals surface area contributed by atoms with Crippen LogP contribution in [0.2, 0.25) is 0 Å². The topological polar surface area (TPSA) is 88.0 Å². The minimum atomic E-state index is -1.60. The summed E-state index contributed by atoms with van der Waals surface area (Å²) in [6, 6.07) is 7.75. The third-order valence-electron chi connectivity index (χ3n) is 5.47. The quantitative estimate of drug-likeness (QED) is 0.689. The van der Waals surface area contributed by atoms with E-state index in [-0.39, 0.29) is 30.0 Å². The third-order valence-corrected chi connectivity index (χ3v) is 5.47. The van der Waals surface area contributed by atoms with E-state index in [1.165, 1.54) is 0 Å². The first-order chi connectivity index (χ1) is 11.6. The second-order valence-corrected chi connectivity index (χ2v) is 7.03. The normalized spacial score (nSPS) is 31.4. The van der Waals surface area contributed by atoms with Gasteiger partial charge in [-0.25, -0.2) is 0 Å². The zero-order valence-electron chi connectivity index (χ0n) is 13.4. The van der Waals surface area contributed by atoms with Crippen molar-refractivity contribution in [1.82, 2.24) is 5.32 Å². The number of para-hydroxylation sites is 1. The highest BCUT2D eigenvalue weighted by atomic mass is 16.5. The van der Waals surface area contributed by atoms with E-state index in [0.29, 0.717) is 13.0 Å². The second kappa shape index (κ2) is 6.39. The Morgan fingerprint density at radius 2 is 2.17 bits per heavy atom. The van der Waals surface area contributed by atoms with E-state index in [9.17, 15) is 14.8 Å². The monoisotopic (exact) mass is 331 g/mol. The molecule has 24 heavy (non-hydrogen) atoms. The standard InChI is InChI=1S/C17H22BNO5/c20-17(13-8-11-5-6-15(13)24-11)19-16(18(21)22)7-10-9-23-14-4-2-1-3-12(10)14/h1-4,10-11,13,15-16,21-22H,5-9H2,(H,19,20)/t10-,11-,13+,15+,16+/m0/s1. The Kier molecular flexibility index (Phi) is 4.24. The van der Waals surface area contributed by atoms with Gasteiger partial charge in [-0.1, -0.05) is 18.2 Å². The summed E-state index contributed by atoms with van der Waals surface area (Å²) in [6.45, 7) is 0.496. The smallest absolute Gasteiger partial charge is 0.475 e. The van der Waals surface area contributed by atoms with E-state index >= 15 is 0 Å². The highest BCUT2D eigenvalue weighted by molar-refractivity contribution is 6.43. The number of benzene rings is 1. The van der Waals surface area contributed by atoms with E-state index in [4.69, 9.17) is 9.47 Å². The molecule has 4 rings (SSSR count). The molecule has 2 bridgehead atoms. The summed E-state index contributed by atoms with van der Waals surface area (Å²) >= 11 is 0. The van der Waals surface area contributed by atoms with Gasteiger partial charge < -0.3 is 24.8 Å². The van der Waals surface area contributed by atoms with Crippen molar-refractivity contribution in [3.63, 3.8) is 0 Å². The van der Waals surface area contributed by atoms with Crippen molar-refractivity contribution in [2.45, 2.75) is 49.8 Å². The van der Waals surface area contributed by atoms with Crippen molar-refractivity contribution in [2.75, 3.05) is 6.61 Å². The lowest BCUT2D eigenvalue weighted by Crippen LogP contribution is -2.50. The molecule has 128 valence electrons. The van der Waals surface area contributed by atoms with Gasteiger partial charge >= 0.3 is 7.12 Å². The van der Waals surface area contributed by atoms with Crippen LogP contribution in [0.5, 0.6) is 5.75 Å². The molecule has 1 aromatic carbocycles. The Bertz CT molecular complexity index is 625. The van der Waals surface area contributed by atoms with Crippen LogP contribution in [-0.2, 0) is 9.53 Å². The first kappa shape index (κ1) is 15.9. The molecule has 6 nitrogen and oxygen atoms in total. The molecule has 2 saturated heterocycles. The van der Waals surface area contributed by atoms with Crippen LogP contribution in [0.1, 0.15) is 37.2 Å². The molecular formula is C17H22BNO5. The molecule has 0 radical (unpaired) electrons. The van der Waals surface area contributed by atoms with Gasteiger partial charge in [-0.2, -0.15) is 0 Å². The number of nitrogens with one attached hydrogen (secondary N) is 1. The Balaban J connectivity index is 1.41. The number of carbonyl (C=O) groups is 1. The van der Waals surface area contributed by atoms with E-state index in [2.05, 4.69) is 5.32 Å². The van der Waals surface area contributed by atoms with E-state index in [1.54, 1.807) is 0 Å². The van der Waals surface area contributed by atoms with E-state index < -0.39 is 13.1 Å². The van der Waals surface area contributed by atoms with Crippen molar-refractivity contribution >= 4 is 13.0 Å². The molecule has 0 spiro atoms. The molecule has 1 aromatic rings. The minimum absolute atomic E-state index is 0.0120. The fraction of sp³-hybridized carbons (Fsp3) is 0.588. The lowest BCUT2D eigenvalue weighted by atomic mass is 9.73. The summed E-state index contributed by atoms with van der Waals surface area (Å²) in [4.78, 5) is 12.5. The van der Waals surface area contributed by atoms with Gasteiger partial charge in [0.1, 0.15) is 5.75 Å². The first-order valence-electron chi connectivity index (χ1n) is 8.65. The lowest BCUT2D eigenvalue weighted by molar-refractivity contribution is -0.127.